The van der Waals surface area contributed by atoms with E-state index in [1.807, 2.05) is 24.3 Å². The second-order valence-electron chi connectivity index (χ2n) is 17.8. The molecule has 0 aromatic heterocycles. The minimum absolute atomic E-state index is 0.0119. The first kappa shape index (κ1) is 46.8. The van der Waals surface area contributed by atoms with Crippen LogP contribution in [0, 0.1) is 0 Å². The summed E-state index contributed by atoms with van der Waals surface area (Å²) in [7, 11) is 2.01. The molecule has 0 atom stereocenters. The van der Waals surface area contributed by atoms with Crippen LogP contribution >= 0.6 is 0 Å². The summed E-state index contributed by atoms with van der Waals surface area (Å²) in [5.41, 5.74) is 0. The van der Waals surface area contributed by atoms with Gasteiger partial charge in [-0.2, -0.15) is 0 Å². The number of amides is 2. The van der Waals surface area contributed by atoms with Crippen LogP contribution in [-0.2, 0) is 18.6 Å². The standard InChI is InChI=1S/C48H70N4O4Si2/c1-47(2,3)57(41-27-17-13-18-28-41,42-29-19-14-20-30-42)55-51(9)45(53)35-39-49(7)37-25-11-12-26-38-50(8)40-36-46(54)52(10)56-58(48(4,5)6,43-31-21-15-22-32-43)44-33-23-16-24-34-44/h13-24,27-34H,11-12,25-26,35-40H2,1-10H3. The monoisotopic (exact) mass is 822 g/mol. The number of rotatable bonds is 21. The van der Waals surface area contributed by atoms with Crippen molar-refractivity contribution in [1.29, 1.82) is 0 Å². The molecule has 4 aromatic rings. The Morgan fingerprint density at radius 1 is 0.431 bits per heavy atom. The van der Waals surface area contributed by atoms with E-state index in [0.717, 1.165) is 59.5 Å². The second-order valence-corrected chi connectivity index (χ2v) is 26.2. The molecule has 0 saturated carbocycles. The molecule has 0 aliphatic heterocycles. The summed E-state index contributed by atoms with van der Waals surface area (Å²) in [6.07, 6.45) is 5.19. The SMILES string of the molecule is CN(CCCCCCN(C)CCC(=O)N(C)O[Si](c1ccccc1)(c1ccccc1)C(C)(C)C)CCC(=O)N(C)O[Si](c1ccccc1)(c1ccccc1)C(C)(C)C. The summed E-state index contributed by atoms with van der Waals surface area (Å²) in [6.45, 7) is 16.6. The normalized spacial score (nSPS) is 12.6. The van der Waals surface area contributed by atoms with Gasteiger partial charge in [-0.3, -0.25) is 9.59 Å². The van der Waals surface area contributed by atoms with Gasteiger partial charge in [-0.05, 0) is 70.8 Å². The van der Waals surface area contributed by atoms with Crippen molar-refractivity contribution < 1.29 is 18.6 Å². The number of benzene rings is 4. The molecule has 0 N–H and O–H groups in total. The number of carbonyl (C=O) groups is 2. The highest BCUT2D eigenvalue weighted by Gasteiger charge is 2.53. The third kappa shape index (κ3) is 11.9. The number of unbranched alkanes of at least 4 members (excludes halogenated alkanes) is 3. The minimum Gasteiger partial charge on any atom is -0.306 e. The zero-order valence-corrected chi connectivity index (χ0v) is 39.0. The fraction of sp³-hybridized carbons (Fsp3) is 0.458. The molecule has 0 aliphatic rings. The van der Waals surface area contributed by atoms with E-state index in [4.69, 9.17) is 9.05 Å². The predicted octanol–water partition coefficient (Wildman–Crippen LogP) is 7.09. The first-order chi connectivity index (χ1) is 27.5. The highest BCUT2D eigenvalue weighted by Crippen LogP contribution is 2.38. The van der Waals surface area contributed by atoms with E-state index in [-0.39, 0.29) is 21.9 Å². The Balaban J connectivity index is 1.19. The lowest BCUT2D eigenvalue weighted by molar-refractivity contribution is -0.155. The number of hydrogen-bond donors (Lipinski definition) is 0. The molecule has 0 bridgehead atoms. The van der Waals surface area contributed by atoms with Crippen molar-refractivity contribution >= 4 is 49.2 Å². The molecule has 314 valence electrons. The Hall–Kier alpha value is -3.91. The van der Waals surface area contributed by atoms with Gasteiger partial charge in [0, 0.05) is 40.0 Å². The van der Waals surface area contributed by atoms with Gasteiger partial charge < -0.3 is 18.9 Å². The van der Waals surface area contributed by atoms with Gasteiger partial charge in [-0.15, -0.1) is 0 Å². The molecule has 0 radical (unpaired) electrons. The summed E-state index contributed by atoms with van der Waals surface area (Å²) < 4.78 is 13.8. The molecule has 0 spiro atoms. The third-order valence-electron chi connectivity index (χ3n) is 11.3. The molecule has 4 aromatic carbocycles. The first-order valence-corrected chi connectivity index (χ1v) is 24.8. The Bertz CT molecular complexity index is 1600. The first-order valence-electron chi connectivity index (χ1n) is 21.0. The number of nitrogens with zero attached hydrogens (tertiary/aromatic N) is 4. The van der Waals surface area contributed by atoms with Gasteiger partial charge in [0.25, 0.3) is 16.6 Å². The quantitative estimate of drug-likeness (QED) is 0.0509. The maximum absolute atomic E-state index is 13.5. The zero-order valence-electron chi connectivity index (χ0n) is 37.0. The van der Waals surface area contributed by atoms with Gasteiger partial charge in [-0.25, -0.2) is 10.1 Å². The Morgan fingerprint density at radius 3 is 0.931 bits per heavy atom. The lowest BCUT2D eigenvalue weighted by atomic mass is 10.2. The molecule has 2 amide bonds. The fourth-order valence-electron chi connectivity index (χ4n) is 7.98. The molecule has 0 unspecified atom stereocenters. The summed E-state index contributed by atoms with van der Waals surface area (Å²) in [6, 6.07) is 41.7. The molecule has 8 nitrogen and oxygen atoms in total. The summed E-state index contributed by atoms with van der Waals surface area (Å²) in [5.74, 6) is -0.0239. The van der Waals surface area contributed by atoms with Crippen LogP contribution in [0.5, 0.6) is 0 Å². The summed E-state index contributed by atoms with van der Waals surface area (Å²) in [5, 5.41) is 7.18. The van der Waals surface area contributed by atoms with Gasteiger partial charge in [0.05, 0.1) is 0 Å². The van der Waals surface area contributed by atoms with Crippen molar-refractivity contribution in [1.82, 2.24) is 19.9 Å². The highest BCUT2D eigenvalue weighted by molar-refractivity contribution is 7.00. The van der Waals surface area contributed by atoms with Crippen molar-refractivity contribution in [3.8, 4) is 0 Å². The van der Waals surface area contributed by atoms with Crippen LogP contribution in [0.15, 0.2) is 121 Å². The number of hydroxylamine groups is 4. The second kappa shape index (κ2) is 21.4. The molecule has 58 heavy (non-hydrogen) atoms. The molecular weight excluding hydrogens is 753 g/mol. The maximum atomic E-state index is 13.5. The molecule has 0 heterocycles. The van der Waals surface area contributed by atoms with Crippen LogP contribution in [0.4, 0.5) is 0 Å². The van der Waals surface area contributed by atoms with Crippen LogP contribution in [0.3, 0.4) is 0 Å². The number of carbonyl (C=O) groups excluding carboxylic acids is 2. The summed E-state index contributed by atoms with van der Waals surface area (Å²) in [4.78, 5) is 31.5. The van der Waals surface area contributed by atoms with E-state index in [1.165, 1.54) is 10.1 Å². The van der Waals surface area contributed by atoms with Gasteiger partial charge in [-0.1, -0.05) is 176 Å². The molecule has 0 fully saturated rings. The topological polar surface area (TPSA) is 65.6 Å². The smallest absolute Gasteiger partial charge is 0.296 e. The van der Waals surface area contributed by atoms with E-state index in [1.54, 1.807) is 14.1 Å². The van der Waals surface area contributed by atoms with E-state index in [2.05, 4.69) is 162 Å². The lowest BCUT2D eigenvalue weighted by Gasteiger charge is -2.44. The highest BCUT2D eigenvalue weighted by atomic mass is 28.4. The summed E-state index contributed by atoms with van der Waals surface area (Å²) >= 11 is 0. The van der Waals surface area contributed by atoms with Gasteiger partial charge in [0.1, 0.15) is 0 Å². The average Bonchev–Trinajstić information content (AvgIpc) is 3.21. The van der Waals surface area contributed by atoms with E-state index in [0.29, 0.717) is 25.9 Å². The van der Waals surface area contributed by atoms with Crippen LogP contribution in [0.25, 0.3) is 0 Å². The van der Waals surface area contributed by atoms with Gasteiger partial charge in [0.15, 0.2) is 0 Å². The Labute approximate surface area is 352 Å². The minimum atomic E-state index is -2.86. The van der Waals surface area contributed by atoms with Crippen molar-refractivity contribution in [2.24, 2.45) is 0 Å². The largest absolute Gasteiger partial charge is 0.306 e. The van der Waals surface area contributed by atoms with E-state index >= 15 is 0 Å². The Morgan fingerprint density at radius 2 is 0.690 bits per heavy atom. The predicted molar refractivity (Wildman–Crippen MR) is 246 cm³/mol. The van der Waals surface area contributed by atoms with Gasteiger partial charge in [0.2, 0.25) is 11.8 Å². The fourth-order valence-corrected chi connectivity index (χ4v) is 16.8. The van der Waals surface area contributed by atoms with E-state index in [9.17, 15) is 9.59 Å². The van der Waals surface area contributed by atoms with Crippen molar-refractivity contribution in [2.45, 2.75) is 90.1 Å². The average molecular weight is 823 g/mol. The van der Waals surface area contributed by atoms with Crippen LogP contribution in [0.1, 0.15) is 80.1 Å². The molecular formula is C48H70N4O4Si2. The molecule has 10 heteroatoms. The third-order valence-corrected chi connectivity index (χ3v) is 21.2. The van der Waals surface area contributed by atoms with Gasteiger partial charge >= 0.3 is 0 Å². The zero-order chi connectivity index (χ0) is 42.4. The molecule has 0 saturated heterocycles. The van der Waals surface area contributed by atoms with E-state index < -0.39 is 16.6 Å². The lowest BCUT2D eigenvalue weighted by Crippen LogP contribution is -2.68. The van der Waals surface area contributed by atoms with Crippen molar-refractivity contribution in [3.05, 3.63) is 121 Å². The van der Waals surface area contributed by atoms with Crippen LogP contribution in [0.2, 0.25) is 10.1 Å². The van der Waals surface area contributed by atoms with Crippen molar-refractivity contribution in [2.75, 3.05) is 54.4 Å². The van der Waals surface area contributed by atoms with Crippen LogP contribution < -0.4 is 20.7 Å². The van der Waals surface area contributed by atoms with Crippen LogP contribution in [-0.4, -0.2) is 103 Å². The molecule has 0 aliphatic carbocycles. The maximum Gasteiger partial charge on any atom is 0.296 e. The Kier molecular flexibility index (Phi) is 17.2. The number of hydrogen-bond acceptors (Lipinski definition) is 6. The van der Waals surface area contributed by atoms with Crippen molar-refractivity contribution in [3.63, 3.8) is 0 Å². The molecule has 4 rings (SSSR count).